The van der Waals surface area contributed by atoms with Gasteiger partial charge in [0, 0.05) is 32.7 Å². The molecular formula is C12H22N4O2S. The summed E-state index contributed by atoms with van der Waals surface area (Å²) in [6.07, 6.45) is 1.06. The van der Waals surface area contributed by atoms with Crippen LogP contribution in [-0.2, 0) is 10.2 Å². The predicted molar refractivity (Wildman–Crippen MR) is 72.4 cm³/mol. The van der Waals surface area contributed by atoms with E-state index >= 15 is 0 Å². The van der Waals surface area contributed by atoms with E-state index in [1.807, 2.05) is 0 Å². The van der Waals surface area contributed by atoms with Gasteiger partial charge in [-0.3, -0.25) is 0 Å². The number of nitrogens with one attached hydrogen (secondary N) is 1. The number of piperidine rings is 1. The van der Waals surface area contributed by atoms with Gasteiger partial charge in [-0.2, -0.15) is 22.3 Å². The third kappa shape index (κ3) is 3.08. The van der Waals surface area contributed by atoms with E-state index in [0.29, 0.717) is 44.6 Å². The molecule has 0 saturated carbocycles. The van der Waals surface area contributed by atoms with Gasteiger partial charge in [0.25, 0.3) is 10.2 Å². The Hall–Kier alpha value is -0.680. The van der Waals surface area contributed by atoms with E-state index in [1.165, 1.54) is 4.31 Å². The molecule has 0 aliphatic carbocycles. The minimum absolute atomic E-state index is 0.375. The largest absolute Gasteiger partial charge is 0.313 e. The second kappa shape index (κ2) is 5.75. The number of rotatable bonds is 2. The van der Waals surface area contributed by atoms with Crippen molar-refractivity contribution in [3.8, 4) is 6.07 Å². The molecule has 0 spiro atoms. The average Bonchev–Trinajstić information content (AvgIpc) is 2.37. The first kappa shape index (κ1) is 14.7. The van der Waals surface area contributed by atoms with Crippen LogP contribution in [0.15, 0.2) is 0 Å². The molecule has 0 bridgehead atoms. The summed E-state index contributed by atoms with van der Waals surface area (Å²) in [6.45, 7) is 6.68. The molecular weight excluding hydrogens is 264 g/mol. The number of hydrogen-bond acceptors (Lipinski definition) is 4. The molecule has 0 radical (unpaired) electrons. The number of hydrogen-bond donors (Lipinski definition) is 1. The van der Waals surface area contributed by atoms with Crippen molar-refractivity contribution in [2.45, 2.75) is 26.3 Å². The van der Waals surface area contributed by atoms with Gasteiger partial charge in [-0.1, -0.05) is 13.8 Å². The highest BCUT2D eigenvalue weighted by Gasteiger charge is 2.39. The topological polar surface area (TPSA) is 76.4 Å². The molecule has 2 aliphatic rings. The van der Waals surface area contributed by atoms with Crippen LogP contribution < -0.4 is 5.32 Å². The van der Waals surface area contributed by atoms with Crippen LogP contribution in [0.1, 0.15) is 20.3 Å². The molecule has 2 heterocycles. The van der Waals surface area contributed by atoms with Gasteiger partial charge in [0.1, 0.15) is 6.04 Å². The summed E-state index contributed by atoms with van der Waals surface area (Å²) in [4.78, 5) is 0. The Bertz CT molecular complexity index is 449. The number of piperazine rings is 1. The third-order valence-corrected chi connectivity index (χ3v) is 5.78. The smallest absolute Gasteiger partial charge is 0.283 e. The van der Waals surface area contributed by atoms with Crippen molar-refractivity contribution in [3.05, 3.63) is 0 Å². The molecule has 108 valence electrons. The Balaban J connectivity index is 2.19. The quantitative estimate of drug-likeness (QED) is 0.775. The van der Waals surface area contributed by atoms with E-state index in [2.05, 4.69) is 25.2 Å². The fraction of sp³-hybridized carbons (Fsp3) is 0.917. The summed E-state index contributed by atoms with van der Waals surface area (Å²) in [5.74, 6) is 0.754. The first-order valence-electron chi connectivity index (χ1n) is 6.82. The zero-order valence-electron chi connectivity index (χ0n) is 11.5. The van der Waals surface area contributed by atoms with Crippen molar-refractivity contribution in [3.63, 3.8) is 0 Å². The van der Waals surface area contributed by atoms with Gasteiger partial charge >= 0.3 is 0 Å². The van der Waals surface area contributed by atoms with E-state index in [1.54, 1.807) is 4.31 Å². The van der Waals surface area contributed by atoms with Gasteiger partial charge in [0.15, 0.2) is 0 Å². The molecule has 0 amide bonds. The Morgan fingerprint density at radius 3 is 2.47 bits per heavy atom. The SMILES string of the molecule is CC1CC(C)CN(S(=O)(=O)N2CCNCC2C#N)C1. The van der Waals surface area contributed by atoms with Crippen molar-refractivity contribution in [2.75, 3.05) is 32.7 Å². The minimum Gasteiger partial charge on any atom is -0.313 e. The molecule has 3 atom stereocenters. The number of nitrogens with zero attached hydrogens (tertiary/aromatic N) is 3. The molecule has 7 heteroatoms. The van der Waals surface area contributed by atoms with Crippen molar-refractivity contribution < 1.29 is 8.42 Å². The molecule has 19 heavy (non-hydrogen) atoms. The van der Waals surface area contributed by atoms with Crippen molar-refractivity contribution in [1.82, 2.24) is 13.9 Å². The lowest BCUT2D eigenvalue weighted by Gasteiger charge is -2.39. The normalized spacial score (nSPS) is 34.9. The maximum atomic E-state index is 12.7. The lowest BCUT2D eigenvalue weighted by molar-refractivity contribution is 0.199. The lowest BCUT2D eigenvalue weighted by Crippen LogP contribution is -2.58. The Morgan fingerprint density at radius 1 is 1.26 bits per heavy atom. The zero-order chi connectivity index (χ0) is 14.0. The average molecular weight is 286 g/mol. The highest BCUT2D eigenvalue weighted by Crippen LogP contribution is 2.25. The molecule has 2 saturated heterocycles. The molecule has 0 aromatic rings. The van der Waals surface area contributed by atoms with Crippen molar-refractivity contribution in [1.29, 1.82) is 5.26 Å². The van der Waals surface area contributed by atoms with E-state index < -0.39 is 16.3 Å². The van der Waals surface area contributed by atoms with Crippen LogP contribution in [0, 0.1) is 23.2 Å². The second-order valence-electron chi connectivity index (χ2n) is 5.73. The van der Waals surface area contributed by atoms with E-state index in [-0.39, 0.29) is 0 Å². The second-order valence-corrected chi connectivity index (χ2v) is 7.61. The van der Waals surface area contributed by atoms with E-state index in [9.17, 15) is 8.42 Å². The summed E-state index contributed by atoms with van der Waals surface area (Å²) in [5.41, 5.74) is 0. The minimum atomic E-state index is -3.51. The summed E-state index contributed by atoms with van der Waals surface area (Å²) < 4.78 is 28.3. The van der Waals surface area contributed by atoms with Gasteiger partial charge in [0.05, 0.1) is 6.07 Å². The van der Waals surface area contributed by atoms with Gasteiger partial charge in [-0.05, 0) is 18.3 Å². The Labute approximate surface area is 115 Å². The van der Waals surface area contributed by atoms with Crippen LogP contribution in [0.3, 0.4) is 0 Å². The molecule has 2 aliphatic heterocycles. The summed E-state index contributed by atoms with van der Waals surface area (Å²) >= 11 is 0. The first-order chi connectivity index (χ1) is 8.95. The summed E-state index contributed by atoms with van der Waals surface area (Å²) in [5, 5.41) is 12.2. The van der Waals surface area contributed by atoms with Crippen LogP contribution in [0.5, 0.6) is 0 Å². The maximum absolute atomic E-state index is 12.7. The van der Waals surface area contributed by atoms with Crippen LogP contribution in [0.2, 0.25) is 0 Å². The fourth-order valence-electron chi connectivity index (χ4n) is 3.01. The molecule has 3 unspecified atom stereocenters. The van der Waals surface area contributed by atoms with Crippen molar-refractivity contribution in [2.24, 2.45) is 11.8 Å². The molecule has 2 rings (SSSR count). The Morgan fingerprint density at radius 2 is 1.89 bits per heavy atom. The van der Waals surface area contributed by atoms with Gasteiger partial charge < -0.3 is 5.32 Å². The molecule has 6 nitrogen and oxygen atoms in total. The molecule has 1 N–H and O–H groups in total. The highest BCUT2D eigenvalue weighted by molar-refractivity contribution is 7.86. The number of nitriles is 1. The Kier molecular flexibility index (Phi) is 4.46. The zero-order valence-corrected chi connectivity index (χ0v) is 12.4. The van der Waals surface area contributed by atoms with Crippen LogP contribution in [0.25, 0.3) is 0 Å². The first-order valence-corrected chi connectivity index (χ1v) is 8.22. The molecule has 2 fully saturated rings. The van der Waals surface area contributed by atoms with Crippen LogP contribution in [-0.4, -0.2) is 55.8 Å². The monoisotopic (exact) mass is 286 g/mol. The molecule has 0 aromatic carbocycles. The van der Waals surface area contributed by atoms with Crippen molar-refractivity contribution >= 4 is 10.2 Å². The van der Waals surface area contributed by atoms with Gasteiger partial charge in [-0.15, -0.1) is 0 Å². The standard InChI is InChI=1S/C12H22N4O2S/c1-10-5-11(2)9-15(8-10)19(17,18)16-4-3-14-7-12(16)6-13/h10-12,14H,3-5,7-9H2,1-2H3. The van der Waals surface area contributed by atoms with Gasteiger partial charge in [-0.25, -0.2) is 0 Å². The predicted octanol–water partition coefficient (Wildman–Crippen LogP) is 0.00648. The van der Waals surface area contributed by atoms with E-state index in [0.717, 1.165) is 6.42 Å². The highest BCUT2D eigenvalue weighted by atomic mass is 32.2. The molecule has 0 aromatic heterocycles. The van der Waals surface area contributed by atoms with Gasteiger partial charge in [0.2, 0.25) is 0 Å². The van der Waals surface area contributed by atoms with E-state index in [4.69, 9.17) is 5.26 Å². The summed E-state index contributed by atoms with van der Waals surface area (Å²) in [6, 6.07) is 1.49. The summed E-state index contributed by atoms with van der Waals surface area (Å²) in [7, 11) is -3.51. The lowest BCUT2D eigenvalue weighted by atomic mass is 9.94. The van der Waals surface area contributed by atoms with Crippen LogP contribution in [0.4, 0.5) is 0 Å². The van der Waals surface area contributed by atoms with Crippen LogP contribution >= 0.6 is 0 Å². The fourth-order valence-corrected chi connectivity index (χ4v) is 4.96. The maximum Gasteiger partial charge on any atom is 0.283 e. The third-order valence-electron chi connectivity index (χ3n) is 3.80.